The summed E-state index contributed by atoms with van der Waals surface area (Å²) in [6, 6.07) is 6.80. The molecule has 0 saturated heterocycles. The van der Waals surface area contributed by atoms with Crippen LogP contribution in [-0.2, 0) is 18.4 Å². The van der Waals surface area contributed by atoms with Crippen LogP contribution in [0.4, 0.5) is 0 Å². The van der Waals surface area contributed by atoms with Crippen LogP contribution in [0.15, 0.2) is 36.7 Å². The van der Waals surface area contributed by atoms with Crippen molar-refractivity contribution in [1.29, 1.82) is 0 Å². The van der Waals surface area contributed by atoms with Gasteiger partial charge in [0.15, 0.2) is 0 Å². The van der Waals surface area contributed by atoms with Gasteiger partial charge in [-0.15, -0.1) is 12.4 Å². The van der Waals surface area contributed by atoms with E-state index in [-0.39, 0.29) is 24.2 Å². The maximum absolute atomic E-state index is 12.4. The highest BCUT2D eigenvalue weighted by molar-refractivity contribution is 5.94. The molecule has 0 radical (unpaired) electrons. The number of halogens is 1. The third kappa shape index (κ3) is 5.86. The average Bonchev–Trinajstić information content (AvgIpc) is 3.04. The molecule has 8 heteroatoms. The van der Waals surface area contributed by atoms with E-state index in [1.807, 2.05) is 26.1 Å². The third-order valence-corrected chi connectivity index (χ3v) is 3.80. The first-order chi connectivity index (χ1) is 12.0. The molecule has 2 amide bonds. The Morgan fingerprint density at radius 2 is 2.04 bits per heavy atom. The Kier molecular flexibility index (Phi) is 8.81. The van der Waals surface area contributed by atoms with Crippen LogP contribution in [0.3, 0.4) is 0 Å². The normalized spacial score (nSPS) is 11.3. The molecular weight excluding hydrogens is 354 g/mol. The number of carbonyl (C=O) groups excluding carboxylic acids is 2. The predicted octanol–water partition coefficient (Wildman–Crippen LogP) is 1.56. The molecule has 1 atom stereocenters. The largest absolute Gasteiger partial charge is 0.352 e. The number of rotatable bonds is 8. The third-order valence-electron chi connectivity index (χ3n) is 3.80. The van der Waals surface area contributed by atoms with Crippen molar-refractivity contribution in [2.45, 2.75) is 25.9 Å². The van der Waals surface area contributed by atoms with E-state index in [0.29, 0.717) is 18.7 Å². The highest BCUT2D eigenvalue weighted by Gasteiger charge is 2.19. The van der Waals surface area contributed by atoms with Gasteiger partial charge in [0.05, 0.1) is 6.20 Å². The van der Waals surface area contributed by atoms with E-state index in [4.69, 9.17) is 0 Å². The Labute approximate surface area is 160 Å². The molecule has 0 aliphatic heterocycles. The van der Waals surface area contributed by atoms with E-state index < -0.39 is 6.04 Å². The number of aromatic nitrogens is 2. The molecule has 1 unspecified atom stereocenters. The highest BCUT2D eigenvalue weighted by atomic mass is 35.5. The molecule has 0 saturated carbocycles. The summed E-state index contributed by atoms with van der Waals surface area (Å²) in [6.45, 7) is 3.01. The van der Waals surface area contributed by atoms with Gasteiger partial charge in [0.25, 0.3) is 5.91 Å². The molecule has 26 heavy (non-hydrogen) atoms. The van der Waals surface area contributed by atoms with Crippen LogP contribution in [0, 0.1) is 0 Å². The number of nitrogens with one attached hydrogen (secondary N) is 3. The van der Waals surface area contributed by atoms with E-state index in [2.05, 4.69) is 21.0 Å². The number of carbonyl (C=O) groups is 2. The van der Waals surface area contributed by atoms with Gasteiger partial charge >= 0.3 is 0 Å². The van der Waals surface area contributed by atoms with Gasteiger partial charge in [-0.3, -0.25) is 14.3 Å². The lowest BCUT2D eigenvalue weighted by molar-refractivity contribution is -0.123. The van der Waals surface area contributed by atoms with Gasteiger partial charge in [0, 0.05) is 37.5 Å². The fourth-order valence-corrected chi connectivity index (χ4v) is 2.49. The Balaban J connectivity index is 0.00000338. The Hall–Kier alpha value is -2.38. The molecular formula is C18H26ClN5O2. The van der Waals surface area contributed by atoms with Crippen LogP contribution >= 0.6 is 12.4 Å². The first kappa shape index (κ1) is 21.7. The van der Waals surface area contributed by atoms with Crippen LogP contribution in [0.25, 0.3) is 0 Å². The lowest BCUT2D eigenvalue weighted by Crippen LogP contribution is -2.35. The predicted molar refractivity (Wildman–Crippen MR) is 103 cm³/mol. The number of nitrogens with zero attached hydrogens (tertiary/aromatic N) is 2. The summed E-state index contributed by atoms with van der Waals surface area (Å²) in [4.78, 5) is 24.4. The lowest BCUT2D eigenvalue weighted by atomic mass is 10.1. The van der Waals surface area contributed by atoms with Gasteiger partial charge in [0.1, 0.15) is 6.04 Å². The molecule has 0 aliphatic carbocycles. The van der Waals surface area contributed by atoms with Crippen LogP contribution in [-0.4, -0.2) is 35.2 Å². The molecule has 0 fully saturated rings. The molecule has 142 valence electrons. The zero-order valence-electron chi connectivity index (χ0n) is 15.3. The average molecular weight is 380 g/mol. The smallest absolute Gasteiger partial charge is 0.251 e. The molecule has 0 aliphatic rings. The van der Waals surface area contributed by atoms with Gasteiger partial charge in [-0.2, -0.15) is 5.10 Å². The molecule has 2 rings (SSSR count). The van der Waals surface area contributed by atoms with Crippen LogP contribution in [0.1, 0.15) is 40.9 Å². The Morgan fingerprint density at radius 1 is 1.27 bits per heavy atom. The number of likely N-dealkylation sites (N-methyl/N-ethyl adjacent to an activating group) is 1. The van der Waals surface area contributed by atoms with Gasteiger partial charge < -0.3 is 16.0 Å². The number of benzene rings is 1. The van der Waals surface area contributed by atoms with Crippen molar-refractivity contribution in [3.63, 3.8) is 0 Å². The number of hydrogen-bond donors (Lipinski definition) is 3. The van der Waals surface area contributed by atoms with Gasteiger partial charge in [-0.25, -0.2) is 0 Å². The van der Waals surface area contributed by atoms with E-state index in [0.717, 1.165) is 17.5 Å². The maximum atomic E-state index is 12.4. The van der Waals surface area contributed by atoms with Crippen molar-refractivity contribution >= 4 is 24.2 Å². The number of hydrogen-bond acceptors (Lipinski definition) is 4. The molecule has 0 spiro atoms. The first-order valence-corrected chi connectivity index (χ1v) is 8.35. The minimum atomic E-state index is -0.468. The summed E-state index contributed by atoms with van der Waals surface area (Å²) >= 11 is 0. The topological polar surface area (TPSA) is 88.1 Å². The second-order valence-corrected chi connectivity index (χ2v) is 5.84. The minimum absolute atomic E-state index is 0. The quantitative estimate of drug-likeness (QED) is 0.649. The maximum Gasteiger partial charge on any atom is 0.251 e. The molecule has 1 aromatic heterocycles. The first-order valence-electron chi connectivity index (χ1n) is 8.35. The van der Waals surface area contributed by atoms with Crippen molar-refractivity contribution in [1.82, 2.24) is 25.7 Å². The molecule has 1 heterocycles. The minimum Gasteiger partial charge on any atom is -0.352 e. The summed E-state index contributed by atoms with van der Waals surface area (Å²) < 4.78 is 1.66. The van der Waals surface area contributed by atoms with E-state index in [1.54, 1.807) is 36.3 Å². The summed E-state index contributed by atoms with van der Waals surface area (Å²) in [5, 5.41) is 12.8. The summed E-state index contributed by atoms with van der Waals surface area (Å²) in [5.41, 5.74) is 2.27. The second kappa shape index (κ2) is 10.6. The van der Waals surface area contributed by atoms with Crippen LogP contribution in [0.5, 0.6) is 0 Å². The summed E-state index contributed by atoms with van der Waals surface area (Å²) in [5.74, 6) is -0.241. The van der Waals surface area contributed by atoms with E-state index in [9.17, 15) is 9.59 Å². The van der Waals surface area contributed by atoms with E-state index in [1.165, 1.54) is 0 Å². The van der Waals surface area contributed by atoms with Crippen molar-refractivity contribution in [3.8, 4) is 0 Å². The molecule has 0 bridgehead atoms. The van der Waals surface area contributed by atoms with Crippen molar-refractivity contribution in [3.05, 3.63) is 53.3 Å². The SMILES string of the molecule is CCCNC(=O)c1cccc(CNC(=O)C(NC)c2cnn(C)c2)c1.Cl. The Bertz CT molecular complexity index is 732. The highest BCUT2D eigenvalue weighted by Crippen LogP contribution is 2.12. The summed E-state index contributed by atoms with van der Waals surface area (Å²) in [7, 11) is 3.54. The molecule has 7 nitrogen and oxygen atoms in total. The molecule has 2 aromatic rings. The number of amides is 2. The monoisotopic (exact) mass is 379 g/mol. The van der Waals surface area contributed by atoms with Crippen LogP contribution < -0.4 is 16.0 Å². The van der Waals surface area contributed by atoms with Crippen molar-refractivity contribution in [2.24, 2.45) is 7.05 Å². The van der Waals surface area contributed by atoms with Crippen molar-refractivity contribution in [2.75, 3.05) is 13.6 Å². The van der Waals surface area contributed by atoms with Gasteiger partial charge in [0.2, 0.25) is 5.91 Å². The van der Waals surface area contributed by atoms with Gasteiger partial charge in [-0.05, 0) is 31.2 Å². The number of aryl methyl sites for hydroxylation is 1. The molecule has 1 aromatic carbocycles. The lowest BCUT2D eigenvalue weighted by Gasteiger charge is -2.15. The molecule has 3 N–H and O–H groups in total. The van der Waals surface area contributed by atoms with Gasteiger partial charge in [-0.1, -0.05) is 19.1 Å². The van der Waals surface area contributed by atoms with Crippen LogP contribution in [0.2, 0.25) is 0 Å². The zero-order chi connectivity index (χ0) is 18.2. The van der Waals surface area contributed by atoms with Crippen molar-refractivity contribution < 1.29 is 9.59 Å². The fourth-order valence-electron chi connectivity index (χ4n) is 2.49. The second-order valence-electron chi connectivity index (χ2n) is 5.84. The summed E-state index contributed by atoms with van der Waals surface area (Å²) in [6.07, 6.45) is 4.36. The fraction of sp³-hybridized carbons (Fsp3) is 0.389. The van der Waals surface area contributed by atoms with E-state index >= 15 is 0 Å². The standard InChI is InChI=1S/C18H25N5O2.ClH/c1-4-8-20-17(24)14-7-5-6-13(9-14)10-21-18(25)16(19-2)15-11-22-23(3)12-15;/h5-7,9,11-12,16,19H,4,8,10H2,1-3H3,(H,20,24)(H,21,25);1H. The zero-order valence-corrected chi connectivity index (χ0v) is 16.1. The Morgan fingerprint density at radius 3 is 2.65 bits per heavy atom.